The molecule has 4 rings (SSSR count). The van der Waals surface area contributed by atoms with Crippen LogP contribution >= 0.6 is 0 Å². The van der Waals surface area contributed by atoms with Crippen LogP contribution in [0.5, 0.6) is 0 Å². The van der Waals surface area contributed by atoms with Crippen LogP contribution < -0.4 is 4.90 Å². The summed E-state index contributed by atoms with van der Waals surface area (Å²) in [6.07, 6.45) is 3.74. The Balaban J connectivity index is 1.85. The van der Waals surface area contributed by atoms with Crippen molar-refractivity contribution in [2.24, 2.45) is 16.7 Å². The van der Waals surface area contributed by atoms with Crippen LogP contribution in [0.15, 0.2) is 24.3 Å². The van der Waals surface area contributed by atoms with Crippen molar-refractivity contribution in [2.75, 3.05) is 11.4 Å². The molecule has 3 nitrogen and oxygen atoms in total. The van der Waals surface area contributed by atoms with Gasteiger partial charge in [0.25, 0.3) is 0 Å². The number of benzene rings is 1. The molecule has 1 spiro atoms. The lowest BCUT2D eigenvalue weighted by Crippen LogP contribution is -2.65. The van der Waals surface area contributed by atoms with Gasteiger partial charge in [0.1, 0.15) is 17.0 Å². The summed E-state index contributed by atoms with van der Waals surface area (Å²) in [7, 11) is 0. The number of piperidine rings is 1. The number of Topliss-reactive ketones (excluding diaryl/α,β-unsaturated/α-hetero) is 2. The molecule has 0 bridgehead atoms. The Morgan fingerprint density at radius 3 is 2.42 bits per heavy atom. The lowest BCUT2D eigenvalue weighted by atomic mass is 9.55. The molecule has 1 saturated carbocycles. The van der Waals surface area contributed by atoms with Gasteiger partial charge in [0.2, 0.25) is 0 Å². The molecule has 2 atom stereocenters. The number of ketones is 2. The smallest absolute Gasteiger partial charge is 0.149 e. The summed E-state index contributed by atoms with van der Waals surface area (Å²) >= 11 is 0. The summed E-state index contributed by atoms with van der Waals surface area (Å²) < 4.78 is 0. The SMILES string of the molecule is C[C@H]1CCN2c3ccccc3CC3(C(=O)CC(C)(C)CC3=O)[C@@H]2C1. The Kier molecular flexibility index (Phi) is 3.42. The van der Waals surface area contributed by atoms with Crippen LogP contribution in [0.1, 0.15) is 52.0 Å². The molecule has 2 fully saturated rings. The summed E-state index contributed by atoms with van der Waals surface area (Å²) in [4.78, 5) is 29.0. The van der Waals surface area contributed by atoms with Crippen molar-refractivity contribution < 1.29 is 9.59 Å². The zero-order valence-corrected chi connectivity index (χ0v) is 15.0. The molecule has 1 aromatic carbocycles. The van der Waals surface area contributed by atoms with Crippen molar-refractivity contribution >= 4 is 17.3 Å². The van der Waals surface area contributed by atoms with Gasteiger partial charge in [-0.3, -0.25) is 9.59 Å². The molecule has 0 N–H and O–H groups in total. The van der Waals surface area contributed by atoms with E-state index in [-0.39, 0.29) is 23.0 Å². The number of hydrogen-bond donors (Lipinski definition) is 0. The average molecular weight is 325 g/mol. The third kappa shape index (κ3) is 2.17. The second kappa shape index (κ2) is 5.18. The normalized spacial score (nSPS) is 30.9. The van der Waals surface area contributed by atoms with E-state index in [0.717, 1.165) is 19.4 Å². The Labute approximate surface area is 144 Å². The summed E-state index contributed by atoms with van der Waals surface area (Å²) in [6, 6.07) is 8.41. The zero-order chi connectivity index (χ0) is 17.1. The Morgan fingerprint density at radius 1 is 1.04 bits per heavy atom. The minimum atomic E-state index is -0.807. The fourth-order valence-corrected chi connectivity index (χ4v) is 5.23. The van der Waals surface area contributed by atoms with E-state index in [1.165, 1.54) is 11.3 Å². The maximum Gasteiger partial charge on any atom is 0.149 e. The number of carbonyl (C=O) groups is 2. The molecule has 24 heavy (non-hydrogen) atoms. The molecule has 1 saturated heterocycles. The standard InChI is InChI=1S/C21H27NO2/c1-14-8-9-22-16-7-5-4-6-15(16)11-21(17(22)10-14)18(23)12-20(2,3)13-19(21)24/h4-7,14,17H,8-13H2,1-3H3/t14-,17-/m0/s1. The van der Waals surface area contributed by atoms with Crippen LogP contribution in [0, 0.1) is 16.7 Å². The van der Waals surface area contributed by atoms with Crippen LogP contribution in [0.3, 0.4) is 0 Å². The van der Waals surface area contributed by atoms with Crippen LogP contribution in [-0.4, -0.2) is 24.2 Å². The van der Waals surface area contributed by atoms with Crippen molar-refractivity contribution in [3.05, 3.63) is 29.8 Å². The lowest BCUT2D eigenvalue weighted by molar-refractivity contribution is -0.151. The predicted molar refractivity (Wildman–Crippen MR) is 95.1 cm³/mol. The molecule has 0 radical (unpaired) electrons. The first-order chi connectivity index (χ1) is 11.3. The van der Waals surface area contributed by atoms with Gasteiger partial charge in [-0.1, -0.05) is 39.0 Å². The third-order valence-electron chi connectivity index (χ3n) is 6.48. The van der Waals surface area contributed by atoms with Crippen molar-refractivity contribution in [3.63, 3.8) is 0 Å². The summed E-state index contributed by atoms with van der Waals surface area (Å²) in [5.41, 5.74) is 1.41. The Bertz CT molecular complexity index is 686. The summed E-state index contributed by atoms with van der Waals surface area (Å²) in [5.74, 6) is 0.939. The van der Waals surface area contributed by atoms with Crippen molar-refractivity contribution in [1.82, 2.24) is 0 Å². The molecule has 3 aliphatic rings. The molecule has 0 amide bonds. The molecule has 128 valence electrons. The topological polar surface area (TPSA) is 37.4 Å². The molecule has 0 unspecified atom stereocenters. The van der Waals surface area contributed by atoms with E-state index in [4.69, 9.17) is 0 Å². The average Bonchev–Trinajstić information content (AvgIpc) is 2.51. The maximum atomic E-state index is 13.3. The molecule has 1 aliphatic carbocycles. The van der Waals surface area contributed by atoms with Gasteiger partial charge in [0, 0.05) is 31.1 Å². The summed E-state index contributed by atoms with van der Waals surface area (Å²) in [5, 5.41) is 0. The molecule has 3 heteroatoms. The monoisotopic (exact) mass is 325 g/mol. The summed E-state index contributed by atoms with van der Waals surface area (Å²) in [6.45, 7) is 7.31. The fraction of sp³-hybridized carbons (Fsp3) is 0.619. The molecule has 0 aromatic heterocycles. The first-order valence-corrected chi connectivity index (χ1v) is 9.25. The minimum absolute atomic E-state index is 0.0484. The number of rotatable bonds is 0. The largest absolute Gasteiger partial charge is 0.367 e. The van der Waals surface area contributed by atoms with E-state index >= 15 is 0 Å². The zero-order valence-electron chi connectivity index (χ0n) is 15.0. The minimum Gasteiger partial charge on any atom is -0.367 e. The van der Waals surface area contributed by atoms with Gasteiger partial charge in [0.05, 0.1) is 0 Å². The van der Waals surface area contributed by atoms with E-state index in [0.29, 0.717) is 25.2 Å². The fourth-order valence-electron chi connectivity index (χ4n) is 5.23. The first-order valence-electron chi connectivity index (χ1n) is 9.25. The van der Waals surface area contributed by atoms with Crippen molar-refractivity contribution in [3.8, 4) is 0 Å². The molecule has 2 aliphatic heterocycles. The number of anilines is 1. The van der Waals surface area contributed by atoms with Crippen LogP contribution in [0.2, 0.25) is 0 Å². The highest BCUT2D eigenvalue weighted by Gasteiger charge is 2.60. The first kappa shape index (κ1) is 15.9. The van der Waals surface area contributed by atoms with Gasteiger partial charge in [-0.2, -0.15) is 0 Å². The van der Waals surface area contributed by atoms with Crippen molar-refractivity contribution in [2.45, 2.75) is 58.9 Å². The van der Waals surface area contributed by atoms with E-state index in [9.17, 15) is 9.59 Å². The molecular weight excluding hydrogens is 298 g/mol. The molecule has 2 heterocycles. The quantitative estimate of drug-likeness (QED) is 0.681. The van der Waals surface area contributed by atoms with Crippen LogP contribution in [0.4, 0.5) is 5.69 Å². The lowest BCUT2D eigenvalue weighted by Gasteiger charge is -2.55. The van der Waals surface area contributed by atoms with E-state index in [1.54, 1.807) is 0 Å². The molecular formula is C21H27NO2. The highest BCUT2D eigenvalue weighted by Crippen LogP contribution is 2.52. The number of carbonyl (C=O) groups excluding carboxylic acids is 2. The highest BCUT2D eigenvalue weighted by atomic mass is 16.2. The van der Waals surface area contributed by atoms with Crippen molar-refractivity contribution in [1.29, 1.82) is 0 Å². The van der Waals surface area contributed by atoms with Crippen LogP contribution in [0.25, 0.3) is 0 Å². The predicted octanol–water partition coefficient (Wildman–Crippen LogP) is 3.79. The van der Waals surface area contributed by atoms with E-state index in [1.807, 2.05) is 19.9 Å². The Morgan fingerprint density at radius 2 is 1.71 bits per heavy atom. The number of fused-ring (bicyclic) bond motifs is 4. The van der Waals surface area contributed by atoms with E-state index in [2.05, 4.69) is 30.0 Å². The second-order valence-corrected chi connectivity index (χ2v) is 8.98. The van der Waals surface area contributed by atoms with Crippen LogP contribution in [-0.2, 0) is 16.0 Å². The third-order valence-corrected chi connectivity index (χ3v) is 6.48. The van der Waals surface area contributed by atoms with Gasteiger partial charge < -0.3 is 4.90 Å². The highest BCUT2D eigenvalue weighted by molar-refractivity contribution is 6.11. The van der Waals surface area contributed by atoms with Gasteiger partial charge in [0.15, 0.2) is 0 Å². The number of hydrogen-bond acceptors (Lipinski definition) is 3. The second-order valence-electron chi connectivity index (χ2n) is 8.98. The van der Waals surface area contributed by atoms with Gasteiger partial charge in [-0.15, -0.1) is 0 Å². The molecule has 1 aromatic rings. The van der Waals surface area contributed by atoms with E-state index < -0.39 is 5.41 Å². The number of para-hydroxylation sites is 1. The van der Waals surface area contributed by atoms with Gasteiger partial charge in [-0.05, 0) is 42.2 Å². The van der Waals surface area contributed by atoms with Gasteiger partial charge >= 0.3 is 0 Å². The van der Waals surface area contributed by atoms with Gasteiger partial charge in [-0.25, -0.2) is 0 Å². The number of nitrogens with zero attached hydrogens (tertiary/aromatic N) is 1. The Hall–Kier alpha value is -1.64. The maximum absolute atomic E-state index is 13.3.